The molecule has 1 aliphatic rings. The van der Waals surface area contributed by atoms with E-state index in [9.17, 15) is 0 Å². The summed E-state index contributed by atoms with van der Waals surface area (Å²) in [4.78, 5) is 4.13. The Labute approximate surface area is 105 Å². The van der Waals surface area contributed by atoms with E-state index in [1.54, 1.807) is 0 Å². The minimum atomic E-state index is 0.668. The zero-order valence-corrected chi connectivity index (χ0v) is 10.9. The fourth-order valence-electron chi connectivity index (χ4n) is 3.10. The van der Waals surface area contributed by atoms with Gasteiger partial charge in [0, 0.05) is 18.9 Å². The molecule has 1 atom stereocenters. The van der Waals surface area contributed by atoms with Crippen LogP contribution in [-0.2, 0) is 0 Å². The van der Waals surface area contributed by atoms with Crippen molar-refractivity contribution in [1.29, 1.82) is 0 Å². The maximum absolute atomic E-state index is 4.13. The van der Waals surface area contributed by atoms with Crippen molar-refractivity contribution in [1.82, 2.24) is 10.3 Å². The van der Waals surface area contributed by atoms with Crippen LogP contribution >= 0.6 is 0 Å². The van der Waals surface area contributed by atoms with Gasteiger partial charge in [-0.2, -0.15) is 0 Å². The Morgan fingerprint density at radius 2 is 1.82 bits per heavy atom. The van der Waals surface area contributed by atoms with Crippen molar-refractivity contribution in [3.63, 3.8) is 0 Å². The molecule has 1 aromatic heterocycles. The highest BCUT2D eigenvalue weighted by Crippen LogP contribution is 2.34. The number of nitrogens with zero attached hydrogens (tertiary/aromatic N) is 1. The summed E-state index contributed by atoms with van der Waals surface area (Å²) in [6, 6.07) is 4.37. The molecule has 0 bridgehead atoms. The fourth-order valence-corrected chi connectivity index (χ4v) is 3.10. The molecule has 17 heavy (non-hydrogen) atoms. The topological polar surface area (TPSA) is 24.9 Å². The van der Waals surface area contributed by atoms with Gasteiger partial charge >= 0.3 is 0 Å². The van der Waals surface area contributed by atoms with Gasteiger partial charge in [-0.3, -0.25) is 4.98 Å². The first-order valence-corrected chi connectivity index (χ1v) is 6.96. The normalized spacial score (nSPS) is 19.8. The summed E-state index contributed by atoms with van der Waals surface area (Å²) in [5, 5.41) is 3.36. The van der Waals surface area contributed by atoms with Crippen LogP contribution in [0, 0.1) is 5.92 Å². The molecule has 1 heterocycles. The molecule has 0 amide bonds. The summed E-state index contributed by atoms with van der Waals surface area (Å²) in [5.41, 5.74) is 1.46. The molecule has 1 saturated carbocycles. The first kappa shape index (κ1) is 12.6. The molecule has 2 rings (SSSR count). The molecule has 1 N–H and O–H groups in total. The van der Waals surface area contributed by atoms with Crippen LogP contribution < -0.4 is 5.32 Å². The van der Waals surface area contributed by atoms with Crippen molar-refractivity contribution in [2.45, 2.75) is 44.4 Å². The molecule has 0 aliphatic heterocycles. The second-order valence-corrected chi connectivity index (χ2v) is 5.20. The highest BCUT2D eigenvalue weighted by Gasteiger charge is 2.23. The zero-order valence-electron chi connectivity index (χ0n) is 10.9. The van der Waals surface area contributed by atoms with E-state index in [1.165, 1.54) is 44.1 Å². The van der Waals surface area contributed by atoms with Crippen molar-refractivity contribution < 1.29 is 0 Å². The number of nitrogens with one attached hydrogen (secondary N) is 1. The van der Waals surface area contributed by atoms with Gasteiger partial charge in [0.15, 0.2) is 0 Å². The summed E-state index contributed by atoms with van der Waals surface area (Å²) >= 11 is 0. The average molecular weight is 232 g/mol. The largest absolute Gasteiger partial charge is 0.319 e. The Kier molecular flexibility index (Phi) is 4.99. The van der Waals surface area contributed by atoms with Crippen LogP contribution in [-0.4, -0.2) is 18.6 Å². The third kappa shape index (κ3) is 3.53. The van der Waals surface area contributed by atoms with Gasteiger partial charge in [0.25, 0.3) is 0 Å². The lowest BCUT2D eigenvalue weighted by Crippen LogP contribution is -2.24. The minimum absolute atomic E-state index is 0.668. The van der Waals surface area contributed by atoms with E-state index >= 15 is 0 Å². The van der Waals surface area contributed by atoms with Gasteiger partial charge in [0.05, 0.1) is 0 Å². The molecule has 2 nitrogen and oxygen atoms in total. The van der Waals surface area contributed by atoms with Crippen LogP contribution in [0.25, 0.3) is 0 Å². The summed E-state index contributed by atoms with van der Waals surface area (Å²) in [5.74, 6) is 1.52. The molecule has 94 valence electrons. The van der Waals surface area contributed by atoms with Crippen molar-refractivity contribution in [3.8, 4) is 0 Å². The number of likely N-dealkylation sites (N-methyl/N-ethyl adjacent to an activating group) is 1. The summed E-state index contributed by atoms with van der Waals surface area (Å²) in [6.45, 7) is 1.09. The molecule has 0 spiro atoms. The van der Waals surface area contributed by atoms with E-state index in [0.29, 0.717) is 5.92 Å². The predicted molar refractivity (Wildman–Crippen MR) is 72.1 cm³/mol. The van der Waals surface area contributed by atoms with Crippen molar-refractivity contribution in [2.75, 3.05) is 13.6 Å². The van der Waals surface area contributed by atoms with Gasteiger partial charge in [-0.05, 0) is 49.4 Å². The third-order valence-electron chi connectivity index (χ3n) is 4.03. The lowest BCUT2D eigenvalue weighted by molar-refractivity contribution is 0.367. The summed E-state index contributed by atoms with van der Waals surface area (Å²) < 4.78 is 0. The SMILES string of the molecule is CNCC(c1ccncc1)C1CCCCCC1. The van der Waals surface area contributed by atoms with E-state index in [2.05, 4.69) is 29.5 Å². The van der Waals surface area contributed by atoms with Crippen LogP contribution in [0.1, 0.15) is 50.0 Å². The third-order valence-corrected chi connectivity index (χ3v) is 4.03. The van der Waals surface area contributed by atoms with Crippen LogP contribution in [0.15, 0.2) is 24.5 Å². The molecule has 1 aromatic rings. The second-order valence-electron chi connectivity index (χ2n) is 5.20. The Morgan fingerprint density at radius 3 is 2.41 bits per heavy atom. The van der Waals surface area contributed by atoms with Crippen LogP contribution in [0.3, 0.4) is 0 Å². The number of pyridine rings is 1. The van der Waals surface area contributed by atoms with Gasteiger partial charge in [-0.1, -0.05) is 25.7 Å². The number of rotatable bonds is 4. The highest BCUT2D eigenvalue weighted by atomic mass is 14.8. The van der Waals surface area contributed by atoms with Gasteiger partial charge in [-0.25, -0.2) is 0 Å². The van der Waals surface area contributed by atoms with E-state index < -0.39 is 0 Å². The summed E-state index contributed by atoms with van der Waals surface area (Å²) in [6.07, 6.45) is 12.3. The number of hydrogen-bond donors (Lipinski definition) is 1. The Bertz CT molecular complexity index is 302. The minimum Gasteiger partial charge on any atom is -0.319 e. The van der Waals surface area contributed by atoms with Gasteiger partial charge < -0.3 is 5.32 Å². The maximum Gasteiger partial charge on any atom is 0.0270 e. The second kappa shape index (κ2) is 6.75. The Hall–Kier alpha value is -0.890. The number of aromatic nitrogens is 1. The molecule has 2 heteroatoms. The molecule has 1 aliphatic carbocycles. The van der Waals surface area contributed by atoms with E-state index in [1.807, 2.05) is 12.4 Å². The molecule has 1 unspecified atom stereocenters. The first-order valence-electron chi connectivity index (χ1n) is 6.96. The molecule has 1 fully saturated rings. The molecular weight excluding hydrogens is 208 g/mol. The maximum atomic E-state index is 4.13. The first-order chi connectivity index (χ1) is 8.42. The Balaban J connectivity index is 2.10. The van der Waals surface area contributed by atoms with Gasteiger partial charge in [-0.15, -0.1) is 0 Å². The number of hydrogen-bond acceptors (Lipinski definition) is 2. The quantitative estimate of drug-likeness (QED) is 0.805. The van der Waals surface area contributed by atoms with Gasteiger partial charge in [0.1, 0.15) is 0 Å². The molecular formula is C15H24N2. The molecule has 0 saturated heterocycles. The van der Waals surface area contributed by atoms with Crippen molar-refractivity contribution >= 4 is 0 Å². The standard InChI is InChI=1S/C15H24N2/c1-16-12-15(14-8-10-17-11-9-14)13-6-4-2-3-5-7-13/h8-11,13,15-16H,2-7,12H2,1H3. The smallest absolute Gasteiger partial charge is 0.0270 e. The van der Waals surface area contributed by atoms with Gasteiger partial charge in [0.2, 0.25) is 0 Å². The molecule has 0 radical (unpaired) electrons. The van der Waals surface area contributed by atoms with E-state index in [0.717, 1.165) is 12.5 Å². The zero-order chi connectivity index (χ0) is 11.9. The van der Waals surface area contributed by atoms with Crippen molar-refractivity contribution in [2.24, 2.45) is 5.92 Å². The van der Waals surface area contributed by atoms with Crippen LogP contribution in [0.5, 0.6) is 0 Å². The lowest BCUT2D eigenvalue weighted by atomic mass is 9.81. The van der Waals surface area contributed by atoms with Crippen LogP contribution in [0.2, 0.25) is 0 Å². The van der Waals surface area contributed by atoms with E-state index in [4.69, 9.17) is 0 Å². The summed E-state index contributed by atoms with van der Waals surface area (Å²) in [7, 11) is 2.06. The lowest BCUT2D eigenvalue weighted by Gasteiger charge is -2.26. The highest BCUT2D eigenvalue weighted by molar-refractivity contribution is 5.17. The monoisotopic (exact) mass is 232 g/mol. The van der Waals surface area contributed by atoms with E-state index in [-0.39, 0.29) is 0 Å². The van der Waals surface area contributed by atoms with Crippen molar-refractivity contribution in [3.05, 3.63) is 30.1 Å². The van der Waals surface area contributed by atoms with Crippen LogP contribution in [0.4, 0.5) is 0 Å². The Morgan fingerprint density at radius 1 is 1.18 bits per heavy atom. The molecule has 0 aromatic carbocycles. The predicted octanol–water partition coefficient (Wildman–Crippen LogP) is 3.36. The fraction of sp³-hybridized carbons (Fsp3) is 0.667. The average Bonchev–Trinajstić information content (AvgIpc) is 2.66.